The Hall–Kier alpha value is -2.53. The summed E-state index contributed by atoms with van der Waals surface area (Å²) in [5.41, 5.74) is 3.65. The molecule has 3 aromatic rings. The minimum absolute atomic E-state index is 0. The second kappa shape index (κ2) is 14.6. The Morgan fingerprint density at radius 1 is 0.634 bits per heavy atom. The summed E-state index contributed by atoms with van der Waals surface area (Å²) in [6, 6.07) is 23.8. The van der Waals surface area contributed by atoms with Gasteiger partial charge in [-0.3, -0.25) is 4.90 Å². The quantitative estimate of drug-likeness (QED) is 0.353. The predicted octanol–water partition coefficient (Wildman–Crippen LogP) is 5.26. The number of hydrogen-bond acceptors (Lipinski definition) is 5. The summed E-state index contributed by atoms with van der Waals surface area (Å²) in [5.74, 6) is 0. The van der Waals surface area contributed by atoms with Gasteiger partial charge in [-0.2, -0.15) is 8.61 Å². The topological polar surface area (TPSA) is 78.0 Å². The summed E-state index contributed by atoms with van der Waals surface area (Å²) in [6.07, 6.45) is 1.30. The molecule has 3 aromatic carbocycles. The maximum Gasteiger partial charge on any atom is 0.243 e. The minimum Gasteiger partial charge on any atom is -0.299 e. The normalized spacial score (nSPS) is 17.3. The van der Waals surface area contributed by atoms with E-state index < -0.39 is 20.0 Å². The number of hydrogen-bond donors (Lipinski definition) is 0. The van der Waals surface area contributed by atoms with Crippen LogP contribution in [0.3, 0.4) is 0 Å². The van der Waals surface area contributed by atoms with Gasteiger partial charge in [0.1, 0.15) is 0 Å². The van der Waals surface area contributed by atoms with Gasteiger partial charge in [0.25, 0.3) is 0 Å². The molecule has 1 saturated heterocycles. The number of benzene rings is 3. The van der Waals surface area contributed by atoms with E-state index in [0.29, 0.717) is 51.1 Å². The van der Waals surface area contributed by atoms with Gasteiger partial charge in [0.05, 0.1) is 9.79 Å². The summed E-state index contributed by atoms with van der Waals surface area (Å²) < 4.78 is 57.7. The lowest BCUT2D eigenvalue weighted by Gasteiger charge is -2.30. The van der Waals surface area contributed by atoms with Gasteiger partial charge >= 0.3 is 0 Å². The second-order valence-corrected chi connectivity index (χ2v) is 14.4. The van der Waals surface area contributed by atoms with Crippen molar-refractivity contribution < 1.29 is 16.8 Å². The van der Waals surface area contributed by atoms with Gasteiger partial charge in [-0.1, -0.05) is 72.3 Å². The van der Waals surface area contributed by atoms with Crippen molar-refractivity contribution in [3.63, 3.8) is 0 Å². The van der Waals surface area contributed by atoms with Crippen LogP contribution in [0.4, 0.5) is 0 Å². The Bertz CT molecular complexity index is 1400. The maximum atomic E-state index is 13.7. The average molecular weight is 618 g/mol. The fourth-order valence-corrected chi connectivity index (χ4v) is 7.89. The third-order valence-electron chi connectivity index (χ3n) is 7.13. The van der Waals surface area contributed by atoms with Crippen molar-refractivity contribution in [2.45, 2.75) is 43.0 Å². The van der Waals surface area contributed by atoms with E-state index in [9.17, 15) is 16.8 Å². The molecule has 1 heterocycles. The van der Waals surface area contributed by atoms with Crippen molar-refractivity contribution in [3.8, 4) is 0 Å². The highest BCUT2D eigenvalue weighted by Gasteiger charge is 2.29. The summed E-state index contributed by atoms with van der Waals surface area (Å²) in [6.45, 7) is 10.8. The lowest BCUT2D eigenvalue weighted by Crippen LogP contribution is -2.41. The number of halogens is 1. The molecule has 4 rings (SSSR count). The zero-order valence-corrected chi connectivity index (χ0v) is 26.2. The molecule has 7 nitrogen and oxygen atoms in total. The van der Waals surface area contributed by atoms with Crippen LogP contribution in [-0.2, 0) is 26.6 Å². The standard InChI is InChI=1S/C31H39N3O4S2.ClH/c1-26-11-15-30(16-12-26)39(35,36)33-21-7-19-32(25-29-9-5-4-6-10-29)20-8-22-34(24-28(3)23-33)40(37,38)31-17-13-27(2)14-18-31;/h4-6,9-18H,3,7-8,19-25H2,1-2H3;1H. The fourth-order valence-electron chi connectivity index (χ4n) is 4.89. The smallest absolute Gasteiger partial charge is 0.243 e. The fraction of sp³-hybridized carbons (Fsp3) is 0.355. The summed E-state index contributed by atoms with van der Waals surface area (Å²) >= 11 is 0. The Balaban J connectivity index is 0.00000462. The maximum absolute atomic E-state index is 13.7. The lowest BCUT2D eigenvalue weighted by molar-refractivity contribution is 0.238. The Kier molecular flexibility index (Phi) is 11.7. The molecule has 0 bridgehead atoms. The number of nitrogens with zero attached hydrogens (tertiary/aromatic N) is 3. The Morgan fingerprint density at radius 3 is 1.46 bits per heavy atom. The van der Waals surface area contributed by atoms with Crippen LogP contribution < -0.4 is 0 Å². The predicted molar refractivity (Wildman–Crippen MR) is 167 cm³/mol. The van der Waals surface area contributed by atoms with Gasteiger partial charge in [0.15, 0.2) is 0 Å². The average Bonchev–Trinajstić information content (AvgIpc) is 2.92. The molecular formula is C31H40ClN3O4S2. The summed E-state index contributed by atoms with van der Waals surface area (Å²) in [4.78, 5) is 2.73. The van der Waals surface area contributed by atoms with E-state index in [2.05, 4.69) is 23.6 Å². The van der Waals surface area contributed by atoms with Crippen LogP contribution in [0.5, 0.6) is 0 Å². The first-order valence-corrected chi connectivity index (χ1v) is 16.5. The SMILES string of the molecule is C=C1CN(S(=O)(=O)c2ccc(C)cc2)CCCN(Cc2ccccc2)CCCN(S(=O)(=O)c2ccc(C)cc2)C1.Cl. The Labute approximate surface area is 252 Å². The number of sulfonamides is 2. The van der Waals surface area contributed by atoms with Crippen LogP contribution in [0, 0.1) is 13.8 Å². The van der Waals surface area contributed by atoms with E-state index in [1.807, 2.05) is 32.0 Å². The molecule has 0 unspecified atom stereocenters. The molecule has 41 heavy (non-hydrogen) atoms. The molecule has 1 aliphatic heterocycles. The van der Waals surface area contributed by atoms with E-state index in [0.717, 1.165) is 16.7 Å². The van der Waals surface area contributed by atoms with Crippen LogP contribution in [0.1, 0.15) is 29.5 Å². The molecule has 0 atom stereocenters. The third kappa shape index (κ3) is 8.73. The first kappa shape index (κ1) is 33.0. The van der Waals surface area contributed by atoms with Gasteiger partial charge in [0, 0.05) is 32.7 Å². The van der Waals surface area contributed by atoms with Crippen LogP contribution in [0.25, 0.3) is 0 Å². The molecular weight excluding hydrogens is 578 g/mol. The van der Waals surface area contributed by atoms with Gasteiger partial charge < -0.3 is 0 Å². The van der Waals surface area contributed by atoms with Gasteiger partial charge in [-0.15, -0.1) is 12.4 Å². The van der Waals surface area contributed by atoms with Crippen molar-refractivity contribution in [2.24, 2.45) is 0 Å². The van der Waals surface area contributed by atoms with Crippen LogP contribution in [0.2, 0.25) is 0 Å². The van der Waals surface area contributed by atoms with E-state index in [4.69, 9.17) is 0 Å². The lowest BCUT2D eigenvalue weighted by atomic mass is 10.2. The highest BCUT2D eigenvalue weighted by Crippen LogP contribution is 2.22. The highest BCUT2D eigenvalue weighted by molar-refractivity contribution is 7.89. The van der Waals surface area contributed by atoms with Gasteiger partial charge in [-0.25, -0.2) is 16.8 Å². The largest absolute Gasteiger partial charge is 0.299 e. The molecule has 0 radical (unpaired) electrons. The zero-order chi connectivity index (χ0) is 28.8. The van der Waals surface area contributed by atoms with Crippen molar-refractivity contribution in [2.75, 3.05) is 39.3 Å². The second-order valence-electron chi connectivity index (χ2n) is 10.5. The molecule has 0 saturated carbocycles. The first-order valence-electron chi connectivity index (χ1n) is 13.6. The van der Waals surface area contributed by atoms with Gasteiger partial charge in [-0.05, 0) is 75.2 Å². The molecule has 0 N–H and O–H groups in total. The van der Waals surface area contributed by atoms with E-state index in [1.165, 1.54) is 8.61 Å². The van der Waals surface area contributed by atoms with Gasteiger partial charge in [0.2, 0.25) is 20.0 Å². The molecule has 0 amide bonds. The van der Waals surface area contributed by atoms with E-state index >= 15 is 0 Å². The van der Waals surface area contributed by atoms with Crippen molar-refractivity contribution in [1.82, 2.24) is 13.5 Å². The summed E-state index contributed by atoms with van der Waals surface area (Å²) in [7, 11) is -7.60. The Morgan fingerprint density at radius 2 is 1.05 bits per heavy atom. The number of aryl methyl sites for hydroxylation is 2. The van der Waals surface area contributed by atoms with Crippen molar-refractivity contribution >= 4 is 32.5 Å². The zero-order valence-electron chi connectivity index (χ0n) is 23.8. The van der Waals surface area contributed by atoms with E-state index in [-0.39, 0.29) is 35.3 Å². The monoisotopic (exact) mass is 617 g/mol. The first-order chi connectivity index (χ1) is 19.1. The minimum atomic E-state index is -3.80. The molecule has 1 fully saturated rings. The van der Waals surface area contributed by atoms with Crippen LogP contribution in [-0.4, -0.2) is 69.6 Å². The molecule has 0 spiro atoms. The van der Waals surface area contributed by atoms with E-state index in [1.54, 1.807) is 48.5 Å². The third-order valence-corrected chi connectivity index (χ3v) is 10.8. The van der Waals surface area contributed by atoms with Crippen LogP contribution >= 0.6 is 12.4 Å². The molecule has 0 aliphatic carbocycles. The molecule has 0 aromatic heterocycles. The van der Waals surface area contributed by atoms with Crippen molar-refractivity contribution in [1.29, 1.82) is 0 Å². The highest BCUT2D eigenvalue weighted by atomic mass is 35.5. The number of rotatable bonds is 6. The molecule has 10 heteroatoms. The summed E-state index contributed by atoms with van der Waals surface area (Å²) in [5, 5.41) is 0. The van der Waals surface area contributed by atoms with Crippen molar-refractivity contribution in [3.05, 3.63) is 108 Å². The van der Waals surface area contributed by atoms with Crippen LogP contribution in [0.15, 0.2) is 101 Å². The molecule has 222 valence electrons. The molecule has 1 aliphatic rings.